The van der Waals surface area contributed by atoms with Gasteiger partial charge < -0.3 is 14.6 Å². The van der Waals surface area contributed by atoms with Crippen LogP contribution < -0.4 is 15.6 Å². The monoisotopic (exact) mass is 514 g/mol. The summed E-state index contributed by atoms with van der Waals surface area (Å²) in [7, 11) is 0. The van der Waals surface area contributed by atoms with Crippen molar-refractivity contribution < 1.29 is 23.1 Å². The Morgan fingerprint density at radius 1 is 0.947 bits per heavy atom. The summed E-state index contributed by atoms with van der Waals surface area (Å²) in [6.45, 7) is 0.176. The van der Waals surface area contributed by atoms with E-state index in [-0.39, 0.29) is 42.7 Å². The smallest absolute Gasteiger partial charge is 0.261 e. The molecule has 1 N–H and O–H groups in total. The summed E-state index contributed by atoms with van der Waals surface area (Å²) >= 11 is 0. The van der Waals surface area contributed by atoms with Gasteiger partial charge >= 0.3 is 0 Å². The molecule has 2 heterocycles. The summed E-state index contributed by atoms with van der Waals surface area (Å²) in [5, 5.41) is 2.80. The molecule has 0 bridgehead atoms. The second-order valence-electron chi connectivity index (χ2n) is 9.19. The number of nitrogens with zero attached hydrogens (tertiary/aromatic N) is 1. The number of nitrogens with one attached hydrogen (secondary N) is 1. The first-order chi connectivity index (χ1) is 18.4. The lowest BCUT2D eigenvalue weighted by Gasteiger charge is -2.18. The third-order valence-electron chi connectivity index (χ3n) is 6.52. The first-order valence-electron chi connectivity index (χ1n) is 12.1. The zero-order chi connectivity index (χ0) is 26.6. The highest BCUT2D eigenvalue weighted by atomic mass is 19.2. The fraction of sp³-hybridized carbons (Fsp3) is 0.167. The van der Waals surface area contributed by atoms with Crippen molar-refractivity contribution in [3.05, 3.63) is 129 Å². The number of Topliss-reactive ketones (excluding diaryl/α,β-unsaturated/α-hetero) is 1. The molecule has 8 heteroatoms. The van der Waals surface area contributed by atoms with Crippen molar-refractivity contribution in [2.75, 3.05) is 11.9 Å². The van der Waals surface area contributed by atoms with Crippen molar-refractivity contribution in [1.29, 1.82) is 0 Å². The number of halogens is 2. The molecule has 4 aromatic rings. The lowest BCUT2D eigenvalue weighted by Crippen LogP contribution is -2.27. The molecular formula is C30H24F2N2O4. The predicted molar refractivity (Wildman–Crippen MR) is 139 cm³/mol. The Morgan fingerprint density at radius 2 is 1.76 bits per heavy atom. The molecular weight excluding hydrogens is 490 g/mol. The average molecular weight is 515 g/mol. The van der Waals surface area contributed by atoms with Crippen LogP contribution in [0.25, 0.3) is 0 Å². The van der Waals surface area contributed by atoms with Gasteiger partial charge in [0.15, 0.2) is 17.4 Å². The first-order valence-corrected chi connectivity index (χ1v) is 12.1. The number of ether oxygens (including phenoxy) is 1. The van der Waals surface area contributed by atoms with E-state index in [1.54, 1.807) is 18.2 Å². The topological polar surface area (TPSA) is 77.4 Å². The number of rotatable bonds is 9. The van der Waals surface area contributed by atoms with Gasteiger partial charge in [-0.2, -0.15) is 0 Å². The number of amides is 1. The van der Waals surface area contributed by atoms with Crippen molar-refractivity contribution in [3.8, 4) is 5.75 Å². The molecule has 0 fully saturated rings. The molecule has 0 saturated carbocycles. The molecule has 0 spiro atoms. The molecule has 1 atom stereocenters. The van der Waals surface area contributed by atoms with Crippen LogP contribution in [0.2, 0.25) is 0 Å². The van der Waals surface area contributed by atoms with Gasteiger partial charge in [-0.05, 0) is 47.0 Å². The normalized spacial score (nSPS) is 13.1. The van der Waals surface area contributed by atoms with Crippen molar-refractivity contribution >= 4 is 17.4 Å². The number of carbonyl (C=O) groups is 2. The standard InChI is InChI=1S/C30H24F2N2O4/c31-25-11-8-19(13-26(25)32)17-34-12-4-7-24(30(34)37)28(35)14-22(20-5-2-1-3-6-20)18-38-23-10-9-21-15-29(36)33-27(21)16-23/h1-13,16,22H,14-15,17-18H2,(H,33,36). The summed E-state index contributed by atoms with van der Waals surface area (Å²) in [6.07, 6.45) is 1.86. The molecule has 192 valence electrons. The Bertz CT molecular complexity index is 1570. The van der Waals surface area contributed by atoms with E-state index >= 15 is 0 Å². The molecule has 0 radical (unpaired) electrons. The second-order valence-corrected chi connectivity index (χ2v) is 9.19. The fourth-order valence-electron chi connectivity index (χ4n) is 4.52. The zero-order valence-electron chi connectivity index (χ0n) is 20.3. The van der Waals surface area contributed by atoms with Crippen LogP contribution in [0.3, 0.4) is 0 Å². The quantitative estimate of drug-likeness (QED) is 0.315. The molecule has 1 unspecified atom stereocenters. The number of carbonyl (C=O) groups excluding carboxylic acids is 2. The Labute approximate surface area is 217 Å². The summed E-state index contributed by atoms with van der Waals surface area (Å²) in [4.78, 5) is 38.1. The largest absolute Gasteiger partial charge is 0.493 e. The molecule has 1 aliphatic rings. The summed E-state index contributed by atoms with van der Waals surface area (Å²) in [5.41, 5.74) is 2.40. The minimum absolute atomic E-state index is 0.00273. The van der Waals surface area contributed by atoms with Gasteiger partial charge in [-0.15, -0.1) is 0 Å². The summed E-state index contributed by atoms with van der Waals surface area (Å²) < 4.78 is 34.2. The fourth-order valence-corrected chi connectivity index (χ4v) is 4.52. The highest BCUT2D eigenvalue weighted by molar-refractivity contribution is 5.99. The van der Waals surface area contributed by atoms with Gasteiger partial charge in [0.05, 0.1) is 25.1 Å². The number of pyridine rings is 1. The van der Waals surface area contributed by atoms with Crippen LogP contribution >= 0.6 is 0 Å². The number of ketones is 1. The number of aromatic nitrogens is 1. The third kappa shape index (κ3) is 5.54. The van der Waals surface area contributed by atoms with Crippen LogP contribution in [0.5, 0.6) is 5.75 Å². The maximum absolute atomic E-state index is 13.6. The Morgan fingerprint density at radius 3 is 2.55 bits per heavy atom. The van der Waals surface area contributed by atoms with E-state index in [0.717, 1.165) is 23.3 Å². The highest BCUT2D eigenvalue weighted by Gasteiger charge is 2.22. The van der Waals surface area contributed by atoms with E-state index in [2.05, 4.69) is 5.32 Å². The van der Waals surface area contributed by atoms with Gasteiger partial charge in [0.1, 0.15) is 5.75 Å². The Kier molecular flexibility index (Phi) is 7.13. The molecule has 5 rings (SSSR count). The number of anilines is 1. The Balaban J connectivity index is 1.34. The number of benzene rings is 3. The van der Waals surface area contributed by atoms with Crippen molar-refractivity contribution in [1.82, 2.24) is 4.57 Å². The Hall–Kier alpha value is -4.59. The van der Waals surface area contributed by atoms with E-state index in [1.165, 1.54) is 22.9 Å². The average Bonchev–Trinajstić information content (AvgIpc) is 3.29. The molecule has 6 nitrogen and oxygen atoms in total. The van der Waals surface area contributed by atoms with Crippen molar-refractivity contribution in [3.63, 3.8) is 0 Å². The lowest BCUT2D eigenvalue weighted by atomic mass is 9.92. The lowest BCUT2D eigenvalue weighted by molar-refractivity contribution is -0.115. The van der Waals surface area contributed by atoms with Gasteiger partial charge in [0, 0.05) is 30.3 Å². The van der Waals surface area contributed by atoms with Crippen molar-refractivity contribution in [2.24, 2.45) is 0 Å². The van der Waals surface area contributed by atoms with E-state index in [0.29, 0.717) is 23.4 Å². The zero-order valence-corrected chi connectivity index (χ0v) is 20.3. The van der Waals surface area contributed by atoms with Gasteiger partial charge in [-0.1, -0.05) is 42.5 Å². The van der Waals surface area contributed by atoms with Gasteiger partial charge in [-0.3, -0.25) is 14.4 Å². The molecule has 0 saturated heterocycles. The third-order valence-corrected chi connectivity index (χ3v) is 6.52. The molecule has 3 aromatic carbocycles. The van der Waals surface area contributed by atoms with E-state index < -0.39 is 17.2 Å². The van der Waals surface area contributed by atoms with Crippen molar-refractivity contribution in [2.45, 2.75) is 25.3 Å². The first kappa shape index (κ1) is 25.1. The molecule has 38 heavy (non-hydrogen) atoms. The predicted octanol–water partition coefficient (Wildman–Crippen LogP) is 5.11. The molecule has 1 aliphatic heterocycles. The van der Waals surface area contributed by atoms with E-state index in [1.807, 2.05) is 36.4 Å². The van der Waals surface area contributed by atoms with Gasteiger partial charge in [0.25, 0.3) is 5.56 Å². The maximum atomic E-state index is 13.6. The van der Waals surface area contributed by atoms with Crippen LogP contribution in [0, 0.1) is 11.6 Å². The molecule has 0 aliphatic carbocycles. The van der Waals surface area contributed by atoms with Gasteiger partial charge in [0.2, 0.25) is 5.91 Å². The number of hydrogen-bond donors (Lipinski definition) is 1. The number of hydrogen-bond acceptors (Lipinski definition) is 4. The van der Waals surface area contributed by atoms with E-state index in [4.69, 9.17) is 4.74 Å². The van der Waals surface area contributed by atoms with Crippen LogP contribution in [-0.2, 0) is 17.8 Å². The number of fused-ring (bicyclic) bond motifs is 1. The highest BCUT2D eigenvalue weighted by Crippen LogP contribution is 2.29. The van der Waals surface area contributed by atoms with Crippen LogP contribution in [0.15, 0.2) is 89.9 Å². The minimum atomic E-state index is -1.00. The molecule has 1 aromatic heterocycles. The maximum Gasteiger partial charge on any atom is 0.261 e. The molecule has 1 amide bonds. The summed E-state index contributed by atoms with van der Waals surface area (Å²) in [5.74, 6) is -2.17. The van der Waals surface area contributed by atoms with Gasteiger partial charge in [-0.25, -0.2) is 8.78 Å². The SMILES string of the molecule is O=C1Cc2ccc(OCC(CC(=O)c3cccn(Cc4ccc(F)c(F)c4)c3=O)c3ccccc3)cc2N1. The summed E-state index contributed by atoms with van der Waals surface area (Å²) in [6, 6.07) is 21.3. The van der Waals surface area contributed by atoms with Crippen LogP contribution in [0.4, 0.5) is 14.5 Å². The minimum Gasteiger partial charge on any atom is -0.493 e. The van der Waals surface area contributed by atoms with Crippen LogP contribution in [-0.4, -0.2) is 22.9 Å². The second kappa shape index (κ2) is 10.8. The van der Waals surface area contributed by atoms with Crippen LogP contribution in [0.1, 0.15) is 39.4 Å². The van der Waals surface area contributed by atoms with E-state index in [9.17, 15) is 23.2 Å².